The smallest absolute Gasteiger partial charge is 0.286 e. The summed E-state index contributed by atoms with van der Waals surface area (Å²) < 4.78 is 10.9. The van der Waals surface area contributed by atoms with Crippen LogP contribution in [0, 0.1) is 0 Å². The van der Waals surface area contributed by atoms with Crippen LogP contribution in [0.5, 0.6) is 11.5 Å². The van der Waals surface area contributed by atoms with Gasteiger partial charge in [-0.3, -0.25) is 4.79 Å². The summed E-state index contributed by atoms with van der Waals surface area (Å²) in [4.78, 5) is 15.6. The van der Waals surface area contributed by atoms with Gasteiger partial charge in [-0.05, 0) is 35.5 Å². The molecule has 2 N–H and O–H groups in total. The second-order valence-electron chi connectivity index (χ2n) is 3.77. The van der Waals surface area contributed by atoms with Gasteiger partial charge in [0, 0.05) is 0 Å². The van der Waals surface area contributed by atoms with Crippen molar-refractivity contribution in [3.05, 3.63) is 28.7 Å². The van der Waals surface area contributed by atoms with Gasteiger partial charge >= 0.3 is 0 Å². The lowest BCUT2D eigenvalue weighted by molar-refractivity contribution is -0.113. The number of amides is 1. The Bertz CT molecular complexity index is 581. The Hall–Kier alpha value is -1.95. The van der Waals surface area contributed by atoms with Crippen LogP contribution in [0.4, 0.5) is 0 Å². The first kappa shape index (κ1) is 11.2. The third-order valence-corrected chi connectivity index (χ3v) is 3.31. The molecule has 92 valence electrons. The van der Waals surface area contributed by atoms with Crippen LogP contribution in [0.15, 0.2) is 28.1 Å². The first-order valence-corrected chi connectivity index (χ1v) is 6.22. The number of carbonyl (C=O) groups excluding carboxylic acids is 1. The molecular weight excluding hydrogens is 252 g/mol. The Morgan fingerprint density at radius 3 is 2.78 bits per heavy atom. The second kappa shape index (κ2) is 4.38. The third-order valence-electron chi connectivity index (χ3n) is 2.50. The predicted octanol–water partition coefficient (Wildman–Crippen LogP) is 1.39. The molecule has 0 unspecified atom stereocenters. The molecule has 2 aliphatic heterocycles. The summed E-state index contributed by atoms with van der Waals surface area (Å²) in [6.45, 7) is 1.10. The molecule has 5 nitrogen and oxygen atoms in total. The zero-order valence-corrected chi connectivity index (χ0v) is 10.2. The lowest BCUT2D eigenvalue weighted by atomic mass is 10.2. The van der Waals surface area contributed by atoms with Gasteiger partial charge in [0.2, 0.25) is 0 Å². The van der Waals surface area contributed by atoms with E-state index in [1.54, 1.807) is 6.08 Å². The van der Waals surface area contributed by atoms with Crippen molar-refractivity contribution in [3.63, 3.8) is 0 Å². The number of ether oxygens (including phenoxy) is 2. The van der Waals surface area contributed by atoms with Gasteiger partial charge < -0.3 is 15.2 Å². The molecule has 1 aromatic carbocycles. The molecule has 2 heterocycles. The molecule has 0 saturated heterocycles. The highest BCUT2D eigenvalue weighted by atomic mass is 32.2. The molecule has 0 fully saturated rings. The molecule has 3 rings (SSSR count). The van der Waals surface area contributed by atoms with Crippen LogP contribution in [0.25, 0.3) is 6.08 Å². The van der Waals surface area contributed by atoms with Gasteiger partial charge in [0.15, 0.2) is 16.7 Å². The highest BCUT2D eigenvalue weighted by Crippen LogP contribution is 2.33. The second-order valence-corrected chi connectivity index (χ2v) is 4.83. The van der Waals surface area contributed by atoms with Crippen LogP contribution < -0.4 is 15.2 Å². The number of aliphatic imine (C=N–C) groups is 1. The maximum atomic E-state index is 11.5. The number of rotatable bonds is 1. The van der Waals surface area contributed by atoms with E-state index in [1.165, 1.54) is 11.8 Å². The lowest BCUT2D eigenvalue weighted by Crippen LogP contribution is -2.15. The summed E-state index contributed by atoms with van der Waals surface area (Å²) in [6.07, 6.45) is 1.74. The number of fused-ring (bicyclic) bond motifs is 1. The van der Waals surface area contributed by atoms with Crippen molar-refractivity contribution >= 4 is 28.9 Å². The number of amidine groups is 1. The number of nitrogens with two attached hydrogens (primary N) is 1. The van der Waals surface area contributed by atoms with E-state index in [9.17, 15) is 4.79 Å². The van der Waals surface area contributed by atoms with Crippen molar-refractivity contribution < 1.29 is 14.3 Å². The summed E-state index contributed by atoms with van der Waals surface area (Å²) >= 11 is 1.17. The fourth-order valence-electron chi connectivity index (χ4n) is 1.73. The van der Waals surface area contributed by atoms with Gasteiger partial charge in [0.05, 0.1) is 4.91 Å². The number of benzene rings is 1. The minimum Gasteiger partial charge on any atom is -0.486 e. The Morgan fingerprint density at radius 1 is 1.28 bits per heavy atom. The SMILES string of the molecule is NC1=NC(=O)C(=Cc2ccc3c(c2)OCCO3)S1. The van der Waals surface area contributed by atoms with E-state index >= 15 is 0 Å². The van der Waals surface area contributed by atoms with E-state index in [-0.39, 0.29) is 11.1 Å². The zero-order valence-electron chi connectivity index (χ0n) is 9.38. The molecular formula is C12H10N2O3S. The Morgan fingerprint density at radius 2 is 2.06 bits per heavy atom. The Kier molecular flexibility index (Phi) is 2.71. The Balaban J connectivity index is 1.90. The summed E-state index contributed by atoms with van der Waals surface area (Å²) in [5, 5.41) is 0.281. The van der Waals surface area contributed by atoms with Crippen molar-refractivity contribution in [1.82, 2.24) is 0 Å². The molecule has 0 spiro atoms. The van der Waals surface area contributed by atoms with Crippen molar-refractivity contribution in [3.8, 4) is 11.5 Å². The number of carbonyl (C=O) groups is 1. The summed E-state index contributed by atoms with van der Waals surface area (Å²) in [5.74, 6) is 1.12. The van der Waals surface area contributed by atoms with Gasteiger partial charge in [-0.1, -0.05) is 6.07 Å². The van der Waals surface area contributed by atoms with E-state index < -0.39 is 0 Å². The molecule has 2 aliphatic rings. The largest absolute Gasteiger partial charge is 0.486 e. The predicted molar refractivity (Wildman–Crippen MR) is 69.6 cm³/mol. The highest BCUT2D eigenvalue weighted by molar-refractivity contribution is 8.18. The maximum absolute atomic E-state index is 11.5. The molecule has 0 bridgehead atoms. The van der Waals surface area contributed by atoms with Gasteiger partial charge in [-0.15, -0.1) is 0 Å². The van der Waals surface area contributed by atoms with Crippen molar-refractivity contribution in [2.45, 2.75) is 0 Å². The minimum atomic E-state index is -0.299. The van der Waals surface area contributed by atoms with Crippen molar-refractivity contribution in [1.29, 1.82) is 0 Å². The fourth-order valence-corrected chi connectivity index (χ4v) is 2.41. The molecule has 1 aromatic rings. The molecule has 1 amide bonds. The summed E-state index contributed by atoms with van der Waals surface area (Å²) in [7, 11) is 0. The summed E-state index contributed by atoms with van der Waals surface area (Å²) in [6, 6.07) is 5.53. The van der Waals surface area contributed by atoms with Crippen LogP contribution in [0.2, 0.25) is 0 Å². The van der Waals surface area contributed by atoms with Crippen molar-refractivity contribution in [2.24, 2.45) is 10.7 Å². The van der Waals surface area contributed by atoms with E-state index in [1.807, 2.05) is 18.2 Å². The minimum absolute atomic E-state index is 0.281. The van der Waals surface area contributed by atoms with Crippen LogP contribution in [0.3, 0.4) is 0 Å². The lowest BCUT2D eigenvalue weighted by Gasteiger charge is -2.18. The quantitative estimate of drug-likeness (QED) is 0.774. The van der Waals surface area contributed by atoms with Crippen molar-refractivity contribution in [2.75, 3.05) is 13.2 Å². The molecule has 0 aromatic heterocycles. The van der Waals surface area contributed by atoms with E-state index in [4.69, 9.17) is 15.2 Å². The first-order chi connectivity index (χ1) is 8.72. The van der Waals surface area contributed by atoms with Gasteiger partial charge in [0.25, 0.3) is 5.91 Å². The van der Waals surface area contributed by atoms with Gasteiger partial charge in [-0.2, -0.15) is 4.99 Å². The zero-order chi connectivity index (χ0) is 12.5. The molecule has 18 heavy (non-hydrogen) atoms. The number of nitrogens with zero attached hydrogens (tertiary/aromatic N) is 1. The maximum Gasteiger partial charge on any atom is 0.286 e. The highest BCUT2D eigenvalue weighted by Gasteiger charge is 2.20. The topological polar surface area (TPSA) is 73.9 Å². The van der Waals surface area contributed by atoms with Crippen LogP contribution in [-0.2, 0) is 4.79 Å². The molecule has 0 aliphatic carbocycles. The number of hydrogen-bond acceptors (Lipinski definition) is 5. The van der Waals surface area contributed by atoms with E-state index in [0.717, 1.165) is 11.3 Å². The molecule has 0 radical (unpaired) electrons. The number of thioether (sulfide) groups is 1. The molecule has 0 atom stereocenters. The standard InChI is InChI=1S/C12H10N2O3S/c13-12-14-11(15)10(18-12)6-7-1-2-8-9(5-7)17-4-3-16-8/h1-2,5-6H,3-4H2,(H2,13,14,15). The van der Waals surface area contributed by atoms with Gasteiger partial charge in [0.1, 0.15) is 13.2 Å². The summed E-state index contributed by atoms with van der Waals surface area (Å²) in [5.41, 5.74) is 6.35. The van der Waals surface area contributed by atoms with E-state index in [0.29, 0.717) is 23.9 Å². The van der Waals surface area contributed by atoms with Crippen LogP contribution in [-0.4, -0.2) is 24.3 Å². The first-order valence-electron chi connectivity index (χ1n) is 5.40. The monoisotopic (exact) mass is 262 g/mol. The molecule has 0 saturated carbocycles. The van der Waals surface area contributed by atoms with Crippen LogP contribution in [0.1, 0.15) is 5.56 Å². The fraction of sp³-hybridized carbons (Fsp3) is 0.167. The average Bonchev–Trinajstić information content (AvgIpc) is 2.68. The Labute approximate surface area is 108 Å². The third kappa shape index (κ3) is 2.06. The normalized spacial score (nSPS) is 20.1. The average molecular weight is 262 g/mol. The van der Waals surface area contributed by atoms with E-state index in [2.05, 4.69) is 4.99 Å². The van der Waals surface area contributed by atoms with Gasteiger partial charge in [-0.25, -0.2) is 0 Å². The molecule has 6 heteroatoms. The van der Waals surface area contributed by atoms with Crippen LogP contribution >= 0.6 is 11.8 Å². The number of hydrogen-bond donors (Lipinski definition) is 1.